The fraction of sp³-hybridized carbons (Fsp3) is 0.575. The van der Waals surface area contributed by atoms with Gasteiger partial charge >= 0.3 is 24.1 Å². The second-order valence-corrected chi connectivity index (χ2v) is 30.3. The summed E-state index contributed by atoms with van der Waals surface area (Å²) in [7, 11) is 2.40. The van der Waals surface area contributed by atoms with Gasteiger partial charge in [-0.1, -0.05) is 58.5 Å². The minimum absolute atomic E-state index is 0.0338. The zero-order valence-electron chi connectivity index (χ0n) is 68.3. The lowest BCUT2D eigenvalue weighted by atomic mass is 10.0. The number of methoxy groups -OCH3 is 2. The van der Waals surface area contributed by atoms with Crippen LogP contribution in [0.5, 0.6) is 0 Å². The predicted molar refractivity (Wildman–Crippen MR) is 440 cm³/mol. The Morgan fingerprint density at radius 3 is 0.975 bits per heavy atom. The molecule has 34 nitrogen and oxygen atoms in total. The molecule has 2 heterocycles. The summed E-state index contributed by atoms with van der Waals surface area (Å²) >= 11 is 25.1. The van der Waals surface area contributed by atoms with Crippen LogP contribution in [0.15, 0.2) is 85.2 Å². The van der Waals surface area contributed by atoms with E-state index in [0.717, 1.165) is 0 Å². The fourth-order valence-corrected chi connectivity index (χ4v) is 11.9. The number of pyridine rings is 2. The lowest BCUT2D eigenvalue weighted by Crippen LogP contribution is -2.48. The Morgan fingerprint density at radius 2 is 0.686 bits per heavy atom. The molecule has 118 heavy (non-hydrogen) atoms. The third kappa shape index (κ3) is 45.7. The second-order valence-electron chi connectivity index (χ2n) is 28.5. The summed E-state index contributed by atoms with van der Waals surface area (Å²) in [6.07, 6.45) is 1.92. The average Bonchev–Trinajstić information content (AvgIpc) is 0.844. The first-order valence-corrected chi connectivity index (χ1v) is 40.4. The van der Waals surface area contributed by atoms with Crippen LogP contribution in [0.2, 0.25) is 20.1 Å². The quantitative estimate of drug-likeness (QED) is 0.0117. The molecule has 0 fully saturated rings. The number of amides is 10. The molecule has 4 rings (SSSR count). The van der Waals surface area contributed by atoms with E-state index in [1.165, 1.54) is 60.4 Å². The molecule has 0 radical (unpaired) electrons. The highest BCUT2D eigenvalue weighted by Crippen LogP contribution is 2.29. The topological polar surface area (TPSA) is 426 Å². The van der Waals surface area contributed by atoms with Crippen molar-refractivity contribution in [2.45, 2.75) is 167 Å². The summed E-state index contributed by atoms with van der Waals surface area (Å²) in [5, 5.41) is 22.9. The highest BCUT2D eigenvalue weighted by molar-refractivity contribution is 6.35. The van der Waals surface area contributed by atoms with E-state index in [-0.39, 0.29) is 215 Å². The van der Waals surface area contributed by atoms with Crippen molar-refractivity contribution in [1.29, 1.82) is 0 Å². The Morgan fingerprint density at radius 1 is 0.381 bits per heavy atom. The summed E-state index contributed by atoms with van der Waals surface area (Å²) in [5.41, 5.74) is -0.729. The van der Waals surface area contributed by atoms with E-state index in [9.17, 15) is 57.5 Å². The molecule has 0 aliphatic rings. The molecule has 0 aliphatic carbocycles. The van der Waals surface area contributed by atoms with Crippen LogP contribution in [0.1, 0.15) is 155 Å². The number of esters is 2. The van der Waals surface area contributed by atoms with Crippen LogP contribution >= 0.6 is 46.4 Å². The van der Waals surface area contributed by atoms with Gasteiger partial charge in [-0.3, -0.25) is 57.7 Å². The molecule has 4 aromatic rings. The van der Waals surface area contributed by atoms with E-state index in [2.05, 4.69) is 52.5 Å². The first-order valence-electron chi connectivity index (χ1n) is 38.9. The van der Waals surface area contributed by atoms with Gasteiger partial charge in [-0.2, -0.15) is 0 Å². The van der Waals surface area contributed by atoms with Crippen LogP contribution < -0.4 is 52.3 Å². The van der Waals surface area contributed by atoms with Crippen LogP contribution in [0.4, 0.5) is 21.2 Å². The van der Waals surface area contributed by atoms with Gasteiger partial charge < -0.3 is 89.9 Å². The number of aromatic nitrogens is 2. The first kappa shape index (κ1) is 101. The van der Waals surface area contributed by atoms with Crippen LogP contribution in [-0.2, 0) is 95.3 Å². The number of anilines is 2. The van der Waals surface area contributed by atoms with Gasteiger partial charge in [0, 0.05) is 110 Å². The number of unbranched alkanes of at least 4 members (excludes halogenated alkanes) is 2. The maximum atomic E-state index is 14.0. The predicted octanol–water partition coefficient (Wildman–Crippen LogP) is 8.33. The molecule has 0 spiro atoms. The van der Waals surface area contributed by atoms with E-state index in [1.807, 2.05) is 0 Å². The normalized spacial score (nSPS) is 12.3. The number of nitrogens with one attached hydrogen (secondary N) is 8. The molecule has 4 atom stereocenters. The summed E-state index contributed by atoms with van der Waals surface area (Å²) < 4.78 is 54.2. The molecule has 654 valence electrons. The molecular weight excluding hydrogens is 1620 g/mol. The lowest BCUT2D eigenvalue weighted by molar-refractivity contribution is -0.142. The number of hydrogen-bond donors (Lipinski definition) is 8. The van der Waals surface area contributed by atoms with E-state index in [1.54, 1.807) is 90.3 Å². The Bertz CT molecular complexity index is 3490. The van der Waals surface area contributed by atoms with E-state index in [0.29, 0.717) is 48.4 Å². The zero-order valence-corrected chi connectivity index (χ0v) is 71.3. The van der Waals surface area contributed by atoms with Crippen LogP contribution in [0.3, 0.4) is 0 Å². The van der Waals surface area contributed by atoms with Crippen molar-refractivity contribution in [3.63, 3.8) is 0 Å². The molecule has 2 aromatic heterocycles. The number of benzene rings is 2. The highest BCUT2D eigenvalue weighted by Gasteiger charge is 2.31. The molecular formula is C80H114Cl4N12O22. The number of carbonyl (C=O) groups is 12. The number of carbonyl (C=O) groups excluding carboxylic acids is 12. The number of nitrogens with zero attached hydrogens (tertiary/aromatic N) is 4. The van der Waals surface area contributed by atoms with Gasteiger partial charge in [0.15, 0.2) is 0 Å². The van der Waals surface area contributed by atoms with Gasteiger partial charge in [-0.25, -0.2) is 19.6 Å². The Labute approximate surface area is 708 Å². The van der Waals surface area contributed by atoms with Crippen LogP contribution in [-0.4, -0.2) is 237 Å². The maximum Gasteiger partial charge on any atom is 0.416 e. The fourth-order valence-electron chi connectivity index (χ4n) is 10.8. The Kier molecular flexibility index (Phi) is 49.0. The zero-order chi connectivity index (χ0) is 86.7. The van der Waals surface area contributed by atoms with Gasteiger partial charge in [-0.05, 0) is 152 Å². The van der Waals surface area contributed by atoms with Gasteiger partial charge in [0.2, 0.25) is 47.3 Å². The summed E-state index contributed by atoms with van der Waals surface area (Å²) in [6, 6.07) is 15.0. The van der Waals surface area contributed by atoms with Crippen molar-refractivity contribution in [2.75, 3.05) is 143 Å². The van der Waals surface area contributed by atoms with Crippen molar-refractivity contribution in [3.05, 3.63) is 116 Å². The molecule has 0 saturated carbocycles. The second kappa shape index (κ2) is 57.1. The maximum absolute atomic E-state index is 14.0. The molecule has 0 saturated heterocycles. The van der Waals surface area contributed by atoms with E-state index < -0.39 is 94.9 Å². The lowest BCUT2D eigenvalue weighted by Gasteiger charge is -2.27. The molecule has 2 aromatic carbocycles. The first-order chi connectivity index (χ1) is 56.3. The standard InChI is InChI=1S/C80H114Cl4N12O22/c1-79(2,3)117-77(107)95(65-17-9-13-27-85-65)33-15-11-19-71(101)91-61(75(105)93-63(53-73(103)109-7)55-47-57(81)51-58(82)48-55)21-23-67(97)87-29-35-111-39-43-115-45-41-113-37-31-89-69(99)25-26-70(100)90-32-38-114-42-46-116-44-40-112-36-30-88-68(98)24-22-62(76(106)94-64(54-74(104)110-8)56-49-59(83)52-60(84)50-56)92-72(102)20-12-16-34-96(66-18-10-14-28-86-66)78(108)118-80(4,5)6/h9-10,13-14,17-18,27-28,47-52,61-64H,11-12,15-16,19-26,29-46,53-54H2,1-8H3,(H,87,97)(H,88,98)(H,89,99)(H,90,100)(H,91,101)(H,92,102)(H,93,105)(H,94,106). The Balaban J connectivity index is 1.03. The largest absolute Gasteiger partial charge is 0.469 e. The summed E-state index contributed by atoms with van der Waals surface area (Å²) in [6.45, 7) is 14.1. The van der Waals surface area contributed by atoms with Crippen LogP contribution in [0.25, 0.3) is 0 Å². The van der Waals surface area contributed by atoms with Gasteiger partial charge in [0.05, 0.1) is 118 Å². The van der Waals surface area contributed by atoms with Gasteiger partial charge in [0.25, 0.3) is 0 Å². The van der Waals surface area contributed by atoms with Gasteiger partial charge in [0.1, 0.15) is 34.9 Å². The summed E-state index contributed by atoms with van der Waals surface area (Å²) in [5.74, 6) is -4.41. The molecule has 38 heteroatoms. The average molecular weight is 1740 g/mol. The van der Waals surface area contributed by atoms with Crippen molar-refractivity contribution < 1.29 is 105 Å². The van der Waals surface area contributed by atoms with Crippen molar-refractivity contribution in [2.24, 2.45) is 0 Å². The number of hydrogen-bond acceptors (Lipinski definition) is 24. The summed E-state index contributed by atoms with van der Waals surface area (Å²) in [4.78, 5) is 168. The molecule has 0 bridgehead atoms. The molecule has 4 unspecified atom stereocenters. The van der Waals surface area contributed by atoms with Crippen molar-refractivity contribution in [3.8, 4) is 0 Å². The smallest absolute Gasteiger partial charge is 0.416 e. The van der Waals surface area contributed by atoms with E-state index in [4.69, 9.17) is 93.8 Å². The monoisotopic (exact) mass is 1730 g/mol. The number of halogens is 4. The highest BCUT2D eigenvalue weighted by atomic mass is 35.5. The molecule has 8 N–H and O–H groups in total. The minimum atomic E-state index is -1.22. The Hall–Kier alpha value is -9.10. The molecule has 10 amide bonds. The van der Waals surface area contributed by atoms with Crippen molar-refractivity contribution >= 4 is 129 Å². The number of ether oxygens (including phenoxy) is 10. The van der Waals surface area contributed by atoms with E-state index >= 15 is 0 Å². The third-order valence-corrected chi connectivity index (χ3v) is 17.4. The van der Waals surface area contributed by atoms with Gasteiger partial charge in [-0.15, -0.1) is 0 Å². The van der Waals surface area contributed by atoms with Crippen LogP contribution in [0, 0.1) is 0 Å². The van der Waals surface area contributed by atoms with Crippen molar-refractivity contribution in [1.82, 2.24) is 52.5 Å². The minimum Gasteiger partial charge on any atom is -0.469 e. The number of rotatable bonds is 57. The SMILES string of the molecule is COC(=O)CC(NC(=O)C(CCC(=O)NCCOCCOCCOCCNC(=O)CCC(=O)NCCOCCOCCOCCNC(=O)CCC(NC(=O)CCCCN(C(=O)OC(C)(C)C)c1ccccn1)C(=O)NC(CC(=O)OC)c1cc(Cl)cc(Cl)c1)NC(=O)CCCCN(C(=O)OC(C)(C)C)c1ccccn1)c1cc(Cl)cc(Cl)c1. The molecule has 0 aliphatic heterocycles. The third-order valence-electron chi connectivity index (χ3n) is 16.5.